The fraction of sp³-hybridized carbons (Fsp3) is 0.133. The summed E-state index contributed by atoms with van der Waals surface area (Å²) in [7, 11) is 0. The van der Waals surface area contributed by atoms with Crippen LogP contribution >= 0.6 is 0 Å². The molecule has 0 atom stereocenters. The number of benzene rings is 9. The molecule has 9 aromatic carbocycles. The lowest BCUT2D eigenvalue weighted by Crippen LogP contribution is -2.10. The van der Waals surface area contributed by atoms with Gasteiger partial charge in [-0.15, -0.1) is 0 Å². The lowest BCUT2D eigenvalue weighted by atomic mass is 9.84. The molecule has 0 spiro atoms. The molecule has 0 saturated carbocycles. The van der Waals surface area contributed by atoms with Gasteiger partial charge >= 0.3 is 0 Å². The van der Waals surface area contributed by atoms with Crippen molar-refractivity contribution in [3.8, 4) is 16.8 Å². The van der Waals surface area contributed by atoms with Gasteiger partial charge in [0.25, 0.3) is 0 Å². The van der Waals surface area contributed by atoms with Gasteiger partial charge in [-0.25, -0.2) is 0 Å². The molecule has 3 heteroatoms. The van der Waals surface area contributed by atoms with Gasteiger partial charge in [-0.2, -0.15) is 0 Å². The van der Waals surface area contributed by atoms with Crippen LogP contribution in [0.5, 0.6) is 0 Å². The number of rotatable bonds is 2. The Balaban J connectivity index is 1.19. The van der Waals surface area contributed by atoms with E-state index in [0.29, 0.717) is 0 Å². The SMILES string of the molecule is CC(C)(C)c1cc2c3ccccc3n3c4ccc5c(c6cc(C(C)(C)C)cc7c8c9ccccc9cc(-c9ccc%10c(c9)c9ccccc9n%10-c9ccccc9)c8n5c67)c4c(c1)c23. The van der Waals surface area contributed by atoms with E-state index in [0.717, 1.165) is 0 Å². The molecule has 14 rings (SSSR count). The summed E-state index contributed by atoms with van der Waals surface area (Å²) in [6, 6.07) is 62.2. The van der Waals surface area contributed by atoms with E-state index in [4.69, 9.17) is 0 Å². The Labute approximate surface area is 364 Å². The highest BCUT2D eigenvalue weighted by atomic mass is 15.0. The molecule has 0 N–H and O–H groups in total. The maximum absolute atomic E-state index is 2.65. The van der Waals surface area contributed by atoms with Crippen molar-refractivity contribution in [2.24, 2.45) is 0 Å². The normalized spacial score (nSPS) is 13.2. The summed E-state index contributed by atoms with van der Waals surface area (Å²) < 4.78 is 7.62. The fourth-order valence-corrected chi connectivity index (χ4v) is 11.6. The Hall–Kier alpha value is -7.36. The minimum Gasteiger partial charge on any atom is -0.309 e. The summed E-state index contributed by atoms with van der Waals surface area (Å²) in [6.45, 7) is 14.1. The molecule has 0 radical (unpaired) electrons. The highest BCUT2D eigenvalue weighted by molar-refractivity contribution is 6.38. The fourth-order valence-electron chi connectivity index (χ4n) is 11.6. The zero-order valence-electron chi connectivity index (χ0n) is 36.4. The van der Waals surface area contributed by atoms with Gasteiger partial charge in [-0.3, -0.25) is 0 Å². The lowest BCUT2D eigenvalue weighted by molar-refractivity contribution is 0.591. The predicted octanol–water partition coefficient (Wildman–Crippen LogP) is 16.5. The quantitative estimate of drug-likeness (QED) is 0.165. The van der Waals surface area contributed by atoms with Crippen LogP contribution in [-0.2, 0) is 10.8 Å². The third kappa shape index (κ3) is 4.49. The van der Waals surface area contributed by atoms with Gasteiger partial charge in [-0.05, 0) is 117 Å². The van der Waals surface area contributed by atoms with Crippen molar-refractivity contribution >= 4 is 109 Å². The zero-order chi connectivity index (χ0) is 42.3. The van der Waals surface area contributed by atoms with E-state index in [-0.39, 0.29) is 10.8 Å². The molecule has 0 unspecified atom stereocenters. The largest absolute Gasteiger partial charge is 0.309 e. The first-order valence-corrected chi connectivity index (χ1v) is 22.4. The van der Waals surface area contributed by atoms with Crippen molar-refractivity contribution in [3.63, 3.8) is 0 Å². The van der Waals surface area contributed by atoms with Crippen molar-refractivity contribution in [2.45, 2.75) is 52.4 Å². The highest BCUT2D eigenvalue weighted by Crippen LogP contribution is 2.51. The third-order valence-electron chi connectivity index (χ3n) is 14.5. The van der Waals surface area contributed by atoms with Gasteiger partial charge in [0.1, 0.15) is 0 Å². The summed E-state index contributed by atoms with van der Waals surface area (Å²) in [5.41, 5.74) is 16.5. The highest BCUT2D eigenvalue weighted by Gasteiger charge is 2.29. The van der Waals surface area contributed by atoms with Crippen LogP contribution in [0.25, 0.3) is 126 Å². The number of para-hydroxylation sites is 3. The molecule has 0 amide bonds. The second-order valence-electron chi connectivity index (χ2n) is 20.2. The van der Waals surface area contributed by atoms with E-state index in [1.165, 1.54) is 137 Å². The summed E-state index contributed by atoms with van der Waals surface area (Å²) >= 11 is 0. The number of fused-ring (bicyclic) bond motifs is 18. The van der Waals surface area contributed by atoms with E-state index in [9.17, 15) is 0 Å². The Morgan fingerprint density at radius 2 is 0.841 bits per heavy atom. The van der Waals surface area contributed by atoms with E-state index in [2.05, 4.69) is 219 Å². The van der Waals surface area contributed by atoms with Crippen LogP contribution in [0.15, 0.2) is 164 Å². The van der Waals surface area contributed by atoms with Crippen LogP contribution < -0.4 is 0 Å². The second kappa shape index (κ2) is 11.8. The van der Waals surface area contributed by atoms with Crippen LogP contribution in [0, 0.1) is 0 Å². The van der Waals surface area contributed by atoms with Crippen LogP contribution in [0.4, 0.5) is 0 Å². The van der Waals surface area contributed by atoms with Gasteiger partial charge in [0.05, 0.1) is 44.1 Å². The third-order valence-corrected chi connectivity index (χ3v) is 14.5. The molecule has 300 valence electrons. The maximum atomic E-state index is 2.65. The minimum atomic E-state index is -0.0634. The molecule has 0 aliphatic rings. The van der Waals surface area contributed by atoms with E-state index in [1.54, 1.807) is 0 Å². The zero-order valence-corrected chi connectivity index (χ0v) is 36.4. The molecule has 0 saturated heterocycles. The maximum Gasteiger partial charge on any atom is 0.0626 e. The molecule has 0 fully saturated rings. The first-order chi connectivity index (χ1) is 30.5. The predicted molar refractivity (Wildman–Crippen MR) is 270 cm³/mol. The van der Waals surface area contributed by atoms with Crippen molar-refractivity contribution in [3.05, 3.63) is 175 Å². The molecule has 5 heterocycles. The van der Waals surface area contributed by atoms with Gasteiger partial charge in [0, 0.05) is 65.1 Å². The average molecular weight is 808 g/mol. The van der Waals surface area contributed by atoms with Crippen molar-refractivity contribution < 1.29 is 0 Å². The van der Waals surface area contributed by atoms with Crippen LogP contribution in [-0.4, -0.2) is 13.4 Å². The number of nitrogens with zero attached hydrogens (tertiary/aromatic N) is 3. The van der Waals surface area contributed by atoms with E-state index >= 15 is 0 Å². The topological polar surface area (TPSA) is 13.8 Å². The first-order valence-electron chi connectivity index (χ1n) is 22.4. The number of hydrogen-bond acceptors (Lipinski definition) is 0. The monoisotopic (exact) mass is 807 g/mol. The number of aromatic nitrogens is 3. The van der Waals surface area contributed by atoms with Crippen molar-refractivity contribution in [2.75, 3.05) is 0 Å². The summed E-state index contributed by atoms with van der Waals surface area (Å²) in [6.07, 6.45) is 0. The Morgan fingerprint density at radius 3 is 1.52 bits per heavy atom. The standard InChI is InChI=1S/C60H45N3/c1-59(2,3)36-30-44-41-21-13-15-23-49(41)62-51-26-27-52-55(54(51)46(32-36)56(44)62)47-33-37(60(4,5)6)31-45-53-39-19-11-10-16-34(39)28-42(58(53)63(52)57(45)47)35-24-25-50-43(29-35)40-20-12-14-22-48(40)61(50)38-17-8-7-9-18-38/h7-33H,1-6H3. The molecule has 63 heavy (non-hydrogen) atoms. The first kappa shape index (κ1) is 35.3. The van der Waals surface area contributed by atoms with Crippen LogP contribution in [0.1, 0.15) is 52.7 Å². The van der Waals surface area contributed by atoms with Gasteiger partial charge in [0.15, 0.2) is 0 Å². The summed E-state index contributed by atoms with van der Waals surface area (Å²) in [5, 5.41) is 15.8. The van der Waals surface area contributed by atoms with E-state index in [1.807, 2.05) is 0 Å². The summed E-state index contributed by atoms with van der Waals surface area (Å²) in [4.78, 5) is 0. The summed E-state index contributed by atoms with van der Waals surface area (Å²) in [5.74, 6) is 0. The van der Waals surface area contributed by atoms with Crippen LogP contribution in [0.2, 0.25) is 0 Å². The smallest absolute Gasteiger partial charge is 0.0626 e. The van der Waals surface area contributed by atoms with Gasteiger partial charge < -0.3 is 13.4 Å². The molecule has 3 nitrogen and oxygen atoms in total. The molecule has 14 aromatic rings. The molecule has 0 aliphatic carbocycles. The Kier molecular flexibility index (Phi) is 6.58. The van der Waals surface area contributed by atoms with Gasteiger partial charge in [-0.1, -0.05) is 126 Å². The van der Waals surface area contributed by atoms with Crippen molar-refractivity contribution in [1.82, 2.24) is 13.4 Å². The Bertz CT molecular complexity index is 4250. The molecular weight excluding hydrogens is 763 g/mol. The minimum absolute atomic E-state index is 0.0139. The Morgan fingerprint density at radius 1 is 0.333 bits per heavy atom. The van der Waals surface area contributed by atoms with Crippen molar-refractivity contribution in [1.29, 1.82) is 0 Å². The number of hydrogen-bond donors (Lipinski definition) is 0. The molecule has 5 aromatic heterocycles. The lowest BCUT2D eigenvalue weighted by Gasteiger charge is -2.20. The van der Waals surface area contributed by atoms with Gasteiger partial charge in [0.2, 0.25) is 0 Å². The van der Waals surface area contributed by atoms with Crippen LogP contribution in [0.3, 0.4) is 0 Å². The average Bonchev–Trinajstić information content (AvgIpc) is 4.08. The molecule has 0 aliphatic heterocycles. The molecular formula is C60H45N3. The molecule has 0 bridgehead atoms. The van der Waals surface area contributed by atoms with E-state index < -0.39 is 0 Å². The second-order valence-corrected chi connectivity index (χ2v) is 20.2.